The molecule has 0 amide bonds. The summed E-state index contributed by atoms with van der Waals surface area (Å²) in [6.07, 6.45) is 1.80. The van der Waals surface area contributed by atoms with Crippen molar-refractivity contribution in [2.45, 2.75) is 20.1 Å². The highest BCUT2D eigenvalue weighted by Gasteiger charge is 2.12. The maximum atomic E-state index is 6.10. The number of aromatic nitrogens is 2. The van der Waals surface area contributed by atoms with Crippen LogP contribution in [0.25, 0.3) is 11.1 Å². The Morgan fingerprint density at radius 3 is 2.03 bits per heavy atom. The summed E-state index contributed by atoms with van der Waals surface area (Å²) in [5.74, 6) is 1.08. The Hall–Kier alpha value is -3.66. The monoisotopic (exact) mass is 382 g/mol. The van der Waals surface area contributed by atoms with E-state index >= 15 is 0 Å². The quantitative estimate of drug-likeness (QED) is 0.417. The summed E-state index contributed by atoms with van der Waals surface area (Å²) in [6.45, 7) is 2.87. The first kappa shape index (κ1) is 18.7. The van der Waals surface area contributed by atoms with Gasteiger partial charge in [-0.15, -0.1) is 0 Å². The van der Waals surface area contributed by atoms with Crippen molar-refractivity contribution < 1.29 is 9.47 Å². The molecule has 2 heterocycles. The van der Waals surface area contributed by atoms with Gasteiger partial charge in [-0.25, -0.2) is 0 Å². The zero-order valence-electron chi connectivity index (χ0n) is 16.3. The lowest BCUT2D eigenvalue weighted by molar-refractivity contribution is 0.268. The van der Waals surface area contributed by atoms with E-state index in [1.54, 1.807) is 6.20 Å². The second-order valence-corrected chi connectivity index (χ2v) is 6.74. The number of nitrogens with zero attached hydrogens (tertiary/aromatic N) is 2. The first-order valence-corrected chi connectivity index (χ1v) is 9.55. The highest BCUT2D eigenvalue weighted by molar-refractivity contribution is 5.69. The summed E-state index contributed by atoms with van der Waals surface area (Å²) in [5.41, 5.74) is 5.05. The molecular formula is C25H22N2O2. The molecule has 0 radical (unpaired) electrons. The van der Waals surface area contributed by atoms with E-state index in [-0.39, 0.29) is 0 Å². The number of hydrogen-bond acceptors (Lipinski definition) is 4. The molecule has 0 fully saturated rings. The van der Waals surface area contributed by atoms with E-state index in [0.29, 0.717) is 25.0 Å². The van der Waals surface area contributed by atoms with Gasteiger partial charge in [0.25, 0.3) is 0 Å². The van der Waals surface area contributed by atoms with E-state index < -0.39 is 0 Å². The number of benzene rings is 2. The SMILES string of the molecule is Cc1cc(-c2ccc(OCc3ccccc3)nc2OCc2ccccc2)ccn1. The van der Waals surface area contributed by atoms with Crippen LogP contribution in [-0.2, 0) is 13.2 Å². The maximum absolute atomic E-state index is 6.10. The molecule has 0 aliphatic rings. The van der Waals surface area contributed by atoms with Crippen LogP contribution in [0.3, 0.4) is 0 Å². The van der Waals surface area contributed by atoms with Crippen molar-refractivity contribution in [2.24, 2.45) is 0 Å². The van der Waals surface area contributed by atoms with Gasteiger partial charge in [0.1, 0.15) is 13.2 Å². The van der Waals surface area contributed by atoms with E-state index in [1.807, 2.05) is 91.9 Å². The van der Waals surface area contributed by atoms with Gasteiger partial charge in [0.15, 0.2) is 0 Å². The number of pyridine rings is 2. The summed E-state index contributed by atoms with van der Waals surface area (Å²) in [7, 11) is 0. The van der Waals surface area contributed by atoms with E-state index in [0.717, 1.165) is 27.9 Å². The largest absolute Gasteiger partial charge is 0.473 e. The smallest absolute Gasteiger partial charge is 0.225 e. The molecule has 2 aromatic carbocycles. The lowest BCUT2D eigenvalue weighted by Gasteiger charge is -2.13. The van der Waals surface area contributed by atoms with Gasteiger partial charge >= 0.3 is 0 Å². The fraction of sp³-hybridized carbons (Fsp3) is 0.120. The van der Waals surface area contributed by atoms with E-state index in [2.05, 4.69) is 9.97 Å². The zero-order chi connectivity index (χ0) is 19.9. The topological polar surface area (TPSA) is 44.2 Å². The molecule has 0 saturated carbocycles. The third kappa shape index (κ3) is 4.99. The number of aryl methyl sites for hydroxylation is 1. The summed E-state index contributed by atoms with van der Waals surface area (Å²) in [4.78, 5) is 8.93. The van der Waals surface area contributed by atoms with Crippen LogP contribution < -0.4 is 9.47 Å². The minimum Gasteiger partial charge on any atom is -0.473 e. The third-order valence-electron chi connectivity index (χ3n) is 4.49. The fourth-order valence-electron chi connectivity index (χ4n) is 3.00. The standard InChI is InChI=1S/C25H22N2O2/c1-19-16-22(14-15-26-19)23-12-13-24(28-17-20-8-4-2-5-9-20)27-25(23)29-18-21-10-6-3-7-11-21/h2-16H,17-18H2,1H3. The van der Waals surface area contributed by atoms with Crippen LogP contribution in [0.4, 0.5) is 0 Å². The van der Waals surface area contributed by atoms with Gasteiger partial charge in [-0.05, 0) is 41.8 Å². The minimum atomic E-state index is 0.438. The highest BCUT2D eigenvalue weighted by Crippen LogP contribution is 2.31. The van der Waals surface area contributed by atoms with E-state index in [9.17, 15) is 0 Å². The van der Waals surface area contributed by atoms with Gasteiger partial charge in [-0.3, -0.25) is 4.98 Å². The molecule has 144 valence electrons. The molecule has 0 bridgehead atoms. The molecule has 4 aromatic rings. The zero-order valence-corrected chi connectivity index (χ0v) is 16.3. The van der Waals surface area contributed by atoms with Gasteiger partial charge in [0, 0.05) is 23.5 Å². The predicted octanol–water partition coefficient (Wildman–Crippen LogP) is 5.61. The molecule has 0 saturated heterocycles. The molecular weight excluding hydrogens is 360 g/mol. The van der Waals surface area contributed by atoms with Crippen LogP contribution in [0.15, 0.2) is 91.1 Å². The average Bonchev–Trinajstić information content (AvgIpc) is 2.78. The molecule has 0 aliphatic carbocycles. The second-order valence-electron chi connectivity index (χ2n) is 6.74. The average molecular weight is 382 g/mol. The summed E-state index contributed by atoms with van der Waals surface area (Å²) in [6, 6.07) is 27.9. The van der Waals surface area contributed by atoms with E-state index in [4.69, 9.17) is 9.47 Å². The Balaban J connectivity index is 1.59. The molecule has 0 N–H and O–H groups in total. The lowest BCUT2D eigenvalue weighted by Crippen LogP contribution is -2.02. The fourth-order valence-corrected chi connectivity index (χ4v) is 3.00. The van der Waals surface area contributed by atoms with Crippen LogP contribution in [-0.4, -0.2) is 9.97 Å². The van der Waals surface area contributed by atoms with Crippen molar-refractivity contribution in [3.63, 3.8) is 0 Å². The molecule has 4 rings (SSSR count). The molecule has 0 spiro atoms. The number of ether oxygens (including phenoxy) is 2. The first-order valence-electron chi connectivity index (χ1n) is 9.55. The van der Waals surface area contributed by atoms with E-state index in [1.165, 1.54) is 0 Å². The molecule has 0 unspecified atom stereocenters. The summed E-state index contributed by atoms with van der Waals surface area (Å²) < 4.78 is 12.0. The van der Waals surface area contributed by atoms with Gasteiger partial charge in [0.2, 0.25) is 11.8 Å². The van der Waals surface area contributed by atoms with Gasteiger partial charge < -0.3 is 9.47 Å². The van der Waals surface area contributed by atoms with Crippen LogP contribution in [0.2, 0.25) is 0 Å². The van der Waals surface area contributed by atoms with Crippen molar-refractivity contribution in [3.8, 4) is 22.9 Å². The van der Waals surface area contributed by atoms with Crippen molar-refractivity contribution in [2.75, 3.05) is 0 Å². The Morgan fingerprint density at radius 2 is 1.38 bits per heavy atom. The number of hydrogen-bond donors (Lipinski definition) is 0. The van der Waals surface area contributed by atoms with Gasteiger partial charge in [-0.2, -0.15) is 4.98 Å². The summed E-state index contributed by atoms with van der Waals surface area (Å²) >= 11 is 0. The Kier molecular flexibility index (Phi) is 5.81. The Morgan fingerprint density at radius 1 is 0.724 bits per heavy atom. The molecule has 29 heavy (non-hydrogen) atoms. The Labute approximate surface area is 170 Å². The second kappa shape index (κ2) is 9.02. The molecule has 2 aromatic heterocycles. The van der Waals surface area contributed by atoms with Crippen molar-refractivity contribution in [1.29, 1.82) is 0 Å². The van der Waals surface area contributed by atoms with Crippen LogP contribution in [0.1, 0.15) is 16.8 Å². The van der Waals surface area contributed by atoms with Gasteiger partial charge in [-0.1, -0.05) is 60.7 Å². The lowest BCUT2D eigenvalue weighted by atomic mass is 10.1. The molecule has 4 heteroatoms. The first-order chi connectivity index (χ1) is 14.3. The van der Waals surface area contributed by atoms with Crippen LogP contribution in [0, 0.1) is 6.92 Å². The van der Waals surface area contributed by atoms with Crippen molar-refractivity contribution in [3.05, 3.63) is 108 Å². The Bertz CT molecular complexity index is 1070. The highest BCUT2D eigenvalue weighted by atomic mass is 16.5. The predicted molar refractivity (Wildman–Crippen MR) is 114 cm³/mol. The molecule has 4 nitrogen and oxygen atoms in total. The maximum Gasteiger partial charge on any atom is 0.225 e. The summed E-state index contributed by atoms with van der Waals surface area (Å²) in [5, 5.41) is 0. The van der Waals surface area contributed by atoms with Crippen molar-refractivity contribution in [1.82, 2.24) is 9.97 Å². The normalized spacial score (nSPS) is 10.5. The van der Waals surface area contributed by atoms with Crippen molar-refractivity contribution >= 4 is 0 Å². The van der Waals surface area contributed by atoms with Crippen LogP contribution in [0.5, 0.6) is 11.8 Å². The van der Waals surface area contributed by atoms with Gasteiger partial charge in [0.05, 0.1) is 0 Å². The molecule has 0 atom stereocenters. The minimum absolute atomic E-state index is 0.438. The van der Waals surface area contributed by atoms with Crippen LogP contribution >= 0.6 is 0 Å². The molecule has 0 aliphatic heterocycles. The third-order valence-corrected chi connectivity index (χ3v) is 4.49. The number of rotatable bonds is 7.